The zero-order valence-electron chi connectivity index (χ0n) is 12.3. The van der Waals surface area contributed by atoms with Crippen LogP contribution >= 0.6 is 0 Å². The number of carbonyl (C=O) groups is 2. The van der Waals surface area contributed by atoms with Crippen LogP contribution in [0.25, 0.3) is 0 Å². The summed E-state index contributed by atoms with van der Waals surface area (Å²) in [5, 5.41) is 2.80. The lowest BCUT2D eigenvalue weighted by atomic mass is 9.84. The fourth-order valence-electron chi connectivity index (χ4n) is 2.29. The van der Waals surface area contributed by atoms with E-state index in [1.54, 1.807) is 6.92 Å². The molecule has 0 aromatic rings. The molecule has 0 saturated heterocycles. The zero-order chi connectivity index (χ0) is 14.5. The molecule has 1 saturated carbocycles. The van der Waals surface area contributed by atoms with Crippen molar-refractivity contribution in [3.8, 4) is 0 Å². The number of ether oxygens (including phenoxy) is 2. The maximum atomic E-state index is 11.9. The summed E-state index contributed by atoms with van der Waals surface area (Å²) < 4.78 is 10.3. The summed E-state index contributed by atoms with van der Waals surface area (Å²) in [6.07, 6.45) is 3.10. The number of amides is 1. The fraction of sp³-hybridized carbons (Fsp3) is 0.857. The molecule has 5 nitrogen and oxygen atoms in total. The van der Waals surface area contributed by atoms with Crippen LogP contribution in [-0.4, -0.2) is 30.3 Å². The van der Waals surface area contributed by atoms with E-state index in [2.05, 4.69) is 5.32 Å². The largest absolute Gasteiger partial charge is 0.466 e. The Bertz CT molecular complexity index is 322. The fourth-order valence-corrected chi connectivity index (χ4v) is 2.29. The highest BCUT2D eigenvalue weighted by atomic mass is 16.6. The number of hydrogen-bond donors (Lipinski definition) is 1. The maximum Gasteiger partial charge on any atom is 0.407 e. The topological polar surface area (TPSA) is 64.6 Å². The van der Waals surface area contributed by atoms with E-state index in [1.165, 1.54) is 0 Å². The van der Waals surface area contributed by atoms with Crippen molar-refractivity contribution in [3.63, 3.8) is 0 Å². The molecule has 19 heavy (non-hydrogen) atoms. The third-order valence-electron chi connectivity index (χ3n) is 3.06. The molecule has 0 bridgehead atoms. The number of esters is 1. The van der Waals surface area contributed by atoms with Gasteiger partial charge in [0.2, 0.25) is 0 Å². The molecular formula is C14H25NO4. The summed E-state index contributed by atoms with van der Waals surface area (Å²) in [4.78, 5) is 23.6. The first-order valence-corrected chi connectivity index (χ1v) is 6.99. The molecule has 0 unspecified atom stereocenters. The molecular weight excluding hydrogens is 246 g/mol. The van der Waals surface area contributed by atoms with Gasteiger partial charge in [0.1, 0.15) is 5.60 Å². The summed E-state index contributed by atoms with van der Waals surface area (Å²) in [5.74, 6) is -0.468. The lowest BCUT2D eigenvalue weighted by molar-refractivity contribution is -0.150. The van der Waals surface area contributed by atoms with Gasteiger partial charge in [-0.25, -0.2) is 4.79 Å². The van der Waals surface area contributed by atoms with Crippen molar-refractivity contribution in [2.24, 2.45) is 5.92 Å². The van der Waals surface area contributed by atoms with E-state index >= 15 is 0 Å². The normalized spacial score (nSPS) is 23.6. The van der Waals surface area contributed by atoms with Crippen molar-refractivity contribution in [2.45, 2.75) is 65.0 Å². The lowest BCUT2D eigenvalue weighted by Crippen LogP contribution is -2.47. The van der Waals surface area contributed by atoms with Crippen LogP contribution < -0.4 is 5.32 Å². The first kappa shape index (κ1) is 15.8. The Morgan fingerprint density at radius 1 is 1.21 bits per heavy atom. The Balaban J connectivity index is 2.57. The summed E-state index contributed by atoms with van der Waals surface area (Å²) in [5.41, 5.74) is -0.530. The number of hydrogen-bond acceptors (Lipinski definition) is 4. The molecule has 1 aliphatic rings. The Labute approximate surface area is 115 Å². The van der Waals surface area contributed by atoms with E-state index in [4.69, 9.17) is 9.47 Å². The number of carbonyl (C=O) groups excluding carboxylic acids is 2. The molecule has 0 aromatic carbocycles. The van der Waals surface area contributed by atoms with Crippen molar-refractivity contribution in [3.05, 3.63) is 0 Å². The number of rotatable bonds is 3. The van der Waals surface area contributed by atoms with E-state index < -0.39 is 11.7 Å². The smallest absolute Gasteiger partial charge is 0.407 e. The van der Waals surface area contributed by atoms with Crippen LogP contribution in [0.2, 0.25) is 0 Å². The van der Waals surface area contributed by atoms with Gasteiger partial charge in [0.25, 0.3) is 0 Å². The van der Waals surface area contributed by atoms with E-state index in [9.17, 15) is 9.59 Å². The van der Waals surface area contributed by atoms with Crippen LogP contribution in [0.15, 0.2) is 0 Å². The first-order valence-electron chi connectivity index (χ1n) is 6.99. The quantitative estimate of drug-likeness (QED) is 0.801. The van der Waals surface area contributed by atoms with Gasteiger partial charge in [-0.1, -0.05) is 12.8 Å². The molecule has 1 fully saturated rings. The van der Waals surface area contributed by atoms with Gasteiger partial charge < -0.3 is 14.8 Å². The van der Waals surface area contributed by atoms with Crippen LogP contribution in [0.4, 0.5) is 4.79 Å². The predicted octanol–water partition coefficient (Wildman–Crippen LogP) is 2.63. The maximum absolute atomic E-state index is 11.9. The van der Waals surface area contributed by atoms with Gasteiger partial charge in [0.15, 0.2) is 0 Å². The Morgan fingerprint density at radius 2 is 1.84 bits per heavy atom. The van der Waals surface area contributed by atoms with Crippen molar-refractivity contribution >= 4 is 12.1 Å². The van der Waals surface area contributed by atoms with Crippen molar-refractivity contribution < 1.29 is 19.1 Å². The minimum atomic E-state index is -0.530. The Morgan fingerprint density at radius 3 is 2.42 bits per heavy atom. The summed E-state index contributed by atoms with van der Waals surface area (Å²) in [6.45, 7) is 7.61. The molecule has 110 valence electrons. The molecule has 1 amide bonds. The average molecular weight is 271 g/mol. The van der Waals surface area contributed by atoms with Crippen LogP contribution in [0.1, 0.15) is 53.4 Å². The Kier molecular flexibility index (Phi) is 5.63. The molecule has 0 radical (unpaired) electrons. The van der Waals surface area contributed by atoms with Gasteiger partial charge in [-0.15, -0.1) is 0 Å². The second kappa shape index (κ2) is 6.78. The van der Waals surface area contributed by atoms with E-state index in [0.29, 0.717) is 6.61 Å². The second-order valence-corrected chi connectivity index (χ2v) is 5.90. The van der Waals surface area contributed by atoms with Crippen LogP contribution in [-0.2, 0) is 14.3 Å². The van der Waals surface area contributed by atoms with E-state index in [-0.39, 0.29) is 17.9 Å². The molecule has 1 N–H and O–H groups in total. The van der Waals surface area contributed by atoms with Crippen LogP contribution in [0.5, 0.6) is 0 Å². The van der Waals surface area contributed by atoms with Crippen molar-refractivity contribution in [2.75, 3.05) is 6.61 Å². The molecule has 0 aromatic heterocycles. The molecule has 0 spiro atoms. The molecule has 1 rings (SSSR count). The van der Waals surface area contributed by atoms with E-state index in [0.717, 1.165) is 25.7 Å². The molecule has 1 aliphatic carbocycles. The standard InChI is InChI=1S/C14H25NO4/c1-5-18-12(16)10-8-6-7-9-11(10)15-13(17)19-14(2,3)4/h10-11H,5-9H2,1-4H3,(H,15,17)/t10-,11+/m0/s1. The van der Waals surface area contributed by atoms with Gasteiger partial charge in [0.05, 0.1) is 12.5 Å². The first-order chi connectivity index (χ1) is 8.83. The van der Waals surface area contributed by atoms with Crippen molar-refractivity contribution in [1.29, 1.82) is 0 Å². The second-order valence-electron chi connectivity index (χ2n) is 5.90. The van der Waals surface area contributed by atoms with Gasteiger partial charge in [-0.05, 0) is 40.5 Å². The zero-order valence-corrected chi connectivity index (χ0v) is 12.3. The van der Waals surface area contributed by atoms with Gasteiger partial charge >= 0.3 is 12.1 Å². The highest BCUT2D eigenvalue weighted by Gasteiger charge is 2.33. The molecule has 2 atom stereocenters. The van der Waals surface area contributed by atoms with Gasteiger partial charge in [-0.2, -0.15) is 0 Å². The highest BCUT2D eigenvalue weighted by Crippen LogP contribution is 2.26. The van der Waals surface area contributed by atoms with Gasteiger partial charge in [-0.3, -0.25) is 4.79 Å². The lowest BCUT2D eigenvalue weighted by Gasteiger charge is -2.31. The minimum absolute atomic E-state index is 0.178. The summed E-state index contributed by atoms with van der Waals surface area (Å²) >= 11 is 0. The molecule has 0 aliphatic heterocycles. The molecule has 0 heterocycles. The monoisotopic (exact) mass is 271 g/mol. The van der Waals surface area contributed by atoms with Gasteiger partial charge in [0, 0.05) is 6.04 Å². The molecule has 5 heteroatoms. The number of nitrogens with one attached hydrogen (secondary N) is 1. The third-order valence-corrected chi connectivity index (χ3v) is 3.06. The van der Waals surface area contributed by atoms with Crippen LogP contribution in [0, 0.1) is 5.92 Å². The highest BCUT2D eigenvalue weighted by molar-refractivity contribution is 5.75. The predicted molar refractivity (Wildman–Crippen MR) is 71.7 cm³/mol. The van der Waals surface area contributed by atoms with E-state index in [1.807, 2.05) is 20.8 Å². The summed E-state index contributed by atoms with van der Waals surface area (Å²) in [7, 11) is 0. The average Bonchev–Trinajstić information content (AvgIpc) is 2.27. The summed E-state index contributed by atoms with van der Waals surface area (Å²) in [6, 6.07) is -0.178. The number of alkyl carbamates (subject to hydrolysis) is 1. The Hall–Kier alpha value is -1.26. The minimum Gasteiger partial charge on any atom is -0.466 e. The van der Waals surface area contributed by atoms with Crippen LogP contribution in [0.3, 0.4) is 0 Å². The van der Waals surface area contributed by atoms with Crippen molar-refractivity contribution in [1.82, 2.24) is 5.32 Å². The third kappa shape index (κ3) is 5.49. The SMILES string of the molecule is CCOC(=O)[C@H]1CCCC[C@H]1NC(=O)OC(C)(C)C.